The van der Waals surface area contributed by atoms with Crippen LogP contribution in [0.4, 0.5) is 5.69 Å². The summed E-state index contributed by atoms with van der Waals surface area (Å²) in [5.74, 6) is 0.803. The van der Waals surface area contributed by atoms with E-state index in [0.29, 0.717) is 43.3 Å². The van der Waals surface area contributed by atoms with Crippen LogP contribution in [0.2, 0.25) is 0 Å². The van der Waals surface area contributed by atoms with Crippen LogP contribution in [0.3, 0.4) is 0 Å². The monoisotopic (exact) mass is 500 g/mol. The Labute approximate surface area is 207 Å². The number of benzene rings is 2. The van der Waals surface area contributed by atoms with Crippen molar-refractivity contribution in [3.8, 4) is 17.2 Å². The van der Waals surface area contributed by atoms with Crippen molar-refractivity contribution >= 4 is 57.7 Å². The summed E-state index contributed by atoms with van der Waals surface area (Å²) in [5, 5.41) is 2.76. The van der Waals surface area contributed by atoms with E-state index in [-0.39, 0.29) is 30.6 Å². The van der Waals surface area contributed by atoms with Crippen molar-refractivity contribution in [3.05, 3.63) is 52.4 Å². The highest BCUT2D eigenvalue weighted by Crippen LogP contribution is 2.40. The van der Waals surface area contributed by atoms with Crippen LogP contribution in [-0.2, 0) is 9.59 Å². The van der Waals surface area contributed by atoms with Gasteiger partial charge in [-0.3, -0.25) is 19.3 Å². The molecule has 0 saturated carbocycles. The molecule has 1 N–H and O–H groups in total. The van der Waals surface area contributed by atoms with Gasteiger partial charge in [-0.2, -0.15) is 0 Å². The summed E-state index contributed by atoms with van der Waals surface area (Å²) >= 11 is 6.53. The molecule has 1 aliphatic rings. The number of nitrogens with zero attached hydrogens (tertiary/aromatic N) is 1. The van der Waals surface area contributed by atoms with Gasteiger partial charge in [0.1, 0.15) is 4.32 Å². The molecule has 3 rings (SSSR count). The summed E-state index contributed by atoms with van der Waals surface area (Å²) in [7, 11) is 4.55. The number of amides is 2. The quantitative estimate of drug-likeness (QED) is 0.312. The average Bonchev–Trinajstić information content (AvgIpc) is 3.09. The van der Waals surface area contributed by atoms with Gasteiger partial charge in [-0.1, -0.05) is 24.0 Å². The van der Waals surface area contributed by atoms with Crippen LogP contribution < -0.4 is 19.5 Å². The fraction of sp³-hybridized carbons (Fsp3) is 0.250. The molecule has 0 radical (unpaired) electrons. The summed E-state index contributed by atoms with van der Waals surface area (Å²) in [6.07, 6.45) is 1.76. The molecule has 0 atom stereocenters. The zero-order chi connectivity index (χ0) is 24.8. The van der Waals surface area contributed by atoms with Gasteiger partial charge in [0, 0.05) is 24.2 Å². The molecule has 2 amide bonds. The molecule has 0 aliphatic carbocycles. The molecule has 1 fully saturated rings. The van der Waals surface area contributed by atoms with Crippen LogP contribution in [0.5, 0.6) is 17.2 Å². The fourth-order valence-electron chi connectivity index (χ4n) is 3.25. The van der Waals surface area contributed by atoms with Crippen molar-refractivity contribution in [1.82, 2.24) is 4.90 Å². The third-order valence-electron chi connectivity index (χ3n) is 5.00. The first-order chi connectivity index (χ1) is 16.3. The maximum Gasteiger partial charge on any atom is 0.266 e. The number of thioether (sulfide) groups is 1. The molecule has 1 aliphatic heterocycles. The highest BCUT2D eigenvalue weighted by atomic mass is 32.2. The van der Waals surface area contributed by atoms with Gasteiger partial charge in [0.05, 0.1) is 26.2 Å². The van der Waals surface area contributed by atoms with E-state index in [9.17, 15) is 14.4 Å². The van der Waals surface area contributed by atoms with E-state index >= 15 is 0 Å². The van der Waals surface area contributed by atoms with E-state index in [4.69, 9.17) is 26.4 Å². The van der Waals surface area contributed by atoms with Crippen LogP contribution in [0, 0.1) is 0 Å². The summed E-state index contributed by atoms with van der Waals surface area (Å²) in [6, 6.07) is 10.1. The molecule has 0 spiro atoms. The molecular formula is C24H24N2O6S2. The zero-order valence-electron chi connectivity index (χ0n) is 19.2. The Bertz CT molecular complexity index is 1140. The van der Waals surface area contributed by atoms with Crippen molar-refractivity contribution in [1.29, 1.82) is 0 Å². The number of anilines is 1. The molecule has 0 aromatic heterocycles. The highest BCUT2D eigenvalue weighted by molar-refractivity contribution is 8.26. The van der Waals surface area contributed by atoms with Crippen LogP contribution in [0.25, 0.3) is 6.08 Å². The lowest BCUT2D eigenvalue weighted by molar-refractivity contribution is -0.122. The lowest BCUT2D eigenvalue weighted by Crippen LogP contribution is -2.31. The van der Waals surface area contributed by atoms with Crippen LogP contribution in [-0.4, -0.2) is 54.7 Å². The molecular weight excluding hydrogens is 476 g/mol. The number of thiocarbonyl (C=S) groups is 1. The minimum Gasteiger partial charge on any atom is -0.493 e. The van der Waals surface area contributed by atoms with Gasteiger partial charge < -0.3 is 19.5 Å². The topological polar surface area (TPSA) is 94.2 Å². The number of methoxy groups -OCH3 is 3. The van der Waals surface area contributed by atoms with Crippen molar-refractivity contribution < 1.29 is 28.6 Å². The van der Waals surface area contributed by atoms with Crippen LogP contribution in [0.15, 0.2) is 41.3 Å². The average molecular weight is 501 g/mol. The van der Waals surface area contributed by atoms with E-state index in [1.54, 1.807) is 42.5 Å². The maximum atomic E-state index is 12.9. The minimum atomic E-state index is -0.276. The number of carbonyl (C=O) groups excluding carboxylic acids is 3. The second kappa shape index (κ2) is 11.2. The lowest BCUT2D eigenvalue weighted by Gasteiger charge is -2.14. The van der Waals surface area contributed by atoms with E-state index < -0.39 is 0 Å². The fourth-order valence-corrected chi connectivity index (χ4v) is 4.56. The Balaban J connectivity index is 1.67. The summed E-state index contributed by atoms with van der Waals surface area (Å²) < 4.78 is 16.4. The molecule has 8 nitrogen and oxygen atoms in total. The Morgan fingerprint density at radius 2 is 1.68 bits per heavy atom. The molecule has 1 saturated heterocycles. The first-order valence-electron chi connectivity index (χ1n) is 10.2. The third-order valence-corrected chi connectivity index (χ3v) is 6.37. The molecule has 0 unspecified atom stereocenters. The molecule has 2 aromatic carbocycles. The number of rotatable bonds is 9. The first-order valence-corrected chi connectivity index (χ1v) is 11.5. The second-order valence-corrected chi connectivity index (χ2v) is 8.90. The minimum absolute atomic E-state index is 0.0492. The number of hydrogen-bond donors (Lipinski definition) is 1. The molecule has 2 aromatic rings. The Kier molecular flexibility index (Phi) is 8.30. The van der Waals surface area contributed by atoms with Gasteiger partial charge in [-0.15, -0.1) is 0 Å². The normalized spacial score (nSPS) is 14.4. The number of Topliss-reactive ketones (excluding diaryl/α,β-unsaturated/α-hetero) is 1. The van der Waals surface area contributed by atoms with Crippen molar-refractivity contribution in [2.24, 2.45) is 0 Å². The summed E-state index contributed by atoms with van der Waals surface area (Å²) in [5.41, 5.74) is 1.82. The standard InChI is InChI=1S/C24H24N2O6S2/c1-14(27)16-5-7-17(8-6-16)25-21(28)9-10-26-23(29)20(34-24(26)33)13-15-11-18(30-2)22(32-4)19(12-15)31-3/h5-8,11-13H,9-10H2,1-4H3,(H,25,28). The summed E-state index contributed by atoms with van der Waals surface area (Å²) in [4.78, 5) is 38.5. The lowest BCUT2D eigenvalue weighted by atomic mass is 10.1. The molecule has 178 valence electrons. The van der Waals surface area contributed by atoms with Gasteiger partial charge in [-0.25, -0.2) is 0 Å². The Morgan fingerprint density at radius 1 is 1.06 bits per heavy atom. The van der Waals surface area contributed by atoms with Crippen molar-refractivity contribution in [3.63, 3.8) is 0 Å². The molecule has 34 heavy (non-hydrogen) atoms. The van der Waals surface area contributed by atoms with Crippen LogP contribution >= 0.6 is 24.0 Å². The van der Waals surface area contributed by atoms with Crippen molar-refractivity contribution in [2.45, 2.75) is 13.3 Å². The number of ketones is 1. The second-order valence-electron chi connectivity index (χ2n) is 7.22. The van der Waals surface area contributed by atoms with Gasteiger partial charge in [0.25, 0.3) is 5.91 Å². The predicted octanol–water partition coefficient (Wildman–Crippen LogP) is 4.15. The van der Waals surface area contributed by atoms with E-state index in [1.165, 1.54) is 44.9 Å². The number of ether oxygens (including phenoxy) is 3. The van der Waals surface area contributed by atoms with Gasteiger partial charge in [-0.05, 0) is 55.0 Å². The number of hydrogen-bond acceptors (Lipinski definition) is 8. The Hall–Kier alpha value is -3.37. The molecule has 10 heteroatoms. The van der Waals surface area contributed by atoms with Crippen LogP contribution in [0.1, 0.15) is 29.3 Å². The maximum absolute atomic E-state index is 12.9. The van der Waals surface area contributed by atoms with Gasteiger partial charge >= 0.3 is 0 Å². The SMILES string of the molecule is COc1cc(C=C2SC(=S)N(CCC(=O)Nc3ccc(C(C)=O)cc3)C2=O)cc(OC)c1OC. The summed E-state index contributed by atoms with van der Waals surface area (Å²) in [6.45, 7) is 1.63. The molecule has 0 bridgehead atoms. The van der Waals surface area contributed by atoms with Gasteiger partial charge in [0.15, 0.2) is 17.3 Å². The van der Waals surface area contributed by atoms with E-state index in [2.05, 4.69) is 5.32 Å². The number of nitrogens with one attached hydrogen (secondary N) is 1. The highest BCUT2D eigenvalue weighted by Gasteiger charge is 2.32. The largest absolute Gasteiger partial charge is 0.493 e. The van der Waals surface area contributed by atoms with Crippen molar-refractivity contribution in [2.75, 3.05) is 33.2 Å². The van der Waals surface area contributed by atoms with Gasteiger partial charge in [0.2, 0.25) is 11.7 Å². The van der Waals surface area contributed by atoms with E-state index in [1.807, 2.05) is 0 Å². The zero-order valence-corrected chi connectivity index (χ0v) is 20.8. The molecule has 1 heterocycles. The van der Waals surface area contributed by atoms with E-state index in [0.717, 1.165) is 0 Å². The number of carbonyl (C=O) groups is 3. The Morgan fingerprint density at radius 3 is 2.21 bits per heavy atom. The third kappa shape index (κ3) is 5.75. The smallest absolute Gasteiger partial charge is 0.266 e. The predicted molar refractivity (Wildman–Crippen MR) is 136 cm³/mol. The first kappa shape index (κ1) is 25.3.